The minimum Gasteiger partial charge on any atom is -0.458 e. The van der Waals surface area contributed by atoms with Crippen molar-refractivity contribution in [1.29, 1.82) is 0 Å². The van der Waals surface area contributed by atoms with Gasteiger partial charge in [0.2, 0.25) is 0 Å². The lowest BCUT2D eigenvalue weighted by Crippen LogP contribution is -2.49. The van der Waals surface area contributed by atoms with Crippen LogP contribution in [0.4, 0.5) is 0 Å². The van der Waals surface area contributed by atoms with Gasteiger partial charge >= 0.3 is 11.9 Å². The van der Waals surface area contributed by atoms with Crippen molar-refractivity contribution in [1.82, 2.24) is 0 Å². The fourth-order valence-electron chi connectivity index (χ4n) is 4.11. The number of esters is 2. The Kier molecular flexibility index (Phi) is 4.37. The molecule has 7 nitrogen and oxygen atoms in total. The molecule has 3 aliphatic rings. The van der Waals surface area contributed by atoms with Crippen LogP contribution in [0, 0.1) is 5.92 Å². The fourth-order valence-corrected chi connectivity index (χ4v) is 4.11. The summed E-state index contributed by atoms with van der Waals surface area (Å²) in [5.41, 5.74) is -0.523. The van der Waals surface area contributed by atoms with E-state index in [2.05, 4.69) is 19.7 Å². The van der Waals surface area contributed by atoms with Gasteiger partial charge in [0.25, 0.3) is 0 Å². The Morgan fingerprint density at radius 1 is 1.35 bits per heavy atom. The van der Waals surface area contributed by atoms with Crippen LogP contribution in [0.25, 0.3) is 0 Å². The number of ether oxygens (including phenoxy) is 3. The molecule has 3 rings (SSSR count). The number of hydrogen-bond donors (Lipinski definition) is 2. The molecule has 0 aromatic rings. The molecule has 26 heavy (non-hydrogen) atoms. The molecule has 0 amide bonds. The van der Waals surface area contributed by atoms with Crippen molar-refractivity contribution in [3.8, 4) is 0 Å². The van der Waals surface area contributed by atoms with Crippen LogP contribution in [0.15, 0.2) is 36.5 Å². The summed E-state index contributed by atoms with van der Waals surface area (Å²) in [5.74, 6) is -3.60. The van der Waals surface area contributed by atoms with Crippen LogP contribution < -0.4 is 0 Å². The first-order chi connectivity index (χ1) is 11.9. The van der Waals surface area contributed by atoms with E-state index in [0.29, 0.717) is 5.57 Å². The molecule has 142 valence electrons. The highest BCUT2D eigenvalue weighted by Crippen LogP contribution is 2.49. The Morgan fingerprint density at radius 3 is 2.62 bits per heavy atom. The van der Waals surface area contributed by atoms with Crippen molar-refractivity contribution in [3.05, 3.63) is 36.5 Å². The van der Waals surface area contributed by atoms with Gasteiger partial charge in [-0.3, -0.25) is 0 Å². The second-order valence-electron chi connectivity index (χ2n) is 7.79. The summed E-state index contributed by atoms with van der Waals surface area (Å²) < 4.78 is 16.7. The van der Waals surface area contributed by atoms with Crippen LogP contribution in [0.3, 0.4) is 0 Å². The highest BCUT2D eigenvalue weighted by molar-refractivity contribution is 5.91. The zero-order chi connectivity index (χ0) is 19.4. The summed E-state index contributed by atoms with van der Waals surface area (Å²) in [6.07, 6.45) is -2.49. The zero-order valence-electron chi connectivity index (χ0n) is 15.0. The predicted molar refractivity (Wildman–Crippen MR) is 90.6 cm³/mol. The summed E-state index contributed by atoms with van der Waals surface area (Å²) >= 11 is 0. The number of carbonyl (C=O) groups is 2. The molecular weight excluding hydrogens is 340 g/mol. The number of carbonyl (C=O) groups excluding carboxylic acids is 2. The van der Waals surface area contributed by atoms with Crippen molar-refractivity contribution in [2.24, 2.45) is 5.92 Å². The summed E-state index contributed by atoms with van der Waals surface area (Å²) in [5, 5.41) is 21.5. The van der Waals surface area contributed by atoms with E-state index in [0.717, 1.165) is 0 Å². The number of aliphatic hydroxyl groups is 2. The highest BCUT2D eigenvalue weighted by Gasteiger charge is 2.62. The maximum atomic E-state index is 12.2. The molecule has 3 fully saturated rings. The van der Waals surface area contributed by atoms with E-state index in [9.17, 15) is 19.8 Å². The standard InChI is InChI=1S/C19H24O7/c1-9(2)16(20)24-12-6-10(3)7-19(23)8-18(5,22)15(26-19)14-13(12)11(4)17(21)25-14/h12-15,22-23H,1,3-4,6-8H2,2,5H3/t12-,13+,14-,15-,18+,19-/m0/s1. The van der Waals surface area contributed by atoms with Crippen molar-refractivity contribution in [2.45, 2.75) is 62.8 Å². The van der Waals surface area contributed by atoms with Gasteiger partial charge in [0.15, 0.2) is 5.79 Å². The molecule has 3 saturated heterocycles. The average Bonchev–Trinajstić information content (AvgIpc) is 2.91. The van der Waals surface area contributed by atoms with Gasteiger partial charge in [0, 0.05) is 30.4 Å². The Bertz CT molecular complexity index is 707. The zero-order valence-corrected chi connectivity index (χ0v) is 15.0. The Labute approximate surface area is 151 Å². The van der Waals surface area contributed by atoms with E-state index >= 15 is 0 Å². The van der Waals surface area contributed by atoms with Gasteiger partial charge in [0.05, 0.1) is 11.5 Å². The monoisotopic (exact) mass is 364 g/mol. The van der Waals surface area contributed by atoms with E-state index in [-0.39, 0.29) is 30.4 Å². The largest absolute Gasteiger partial charge is 0.458 e. The van der Waals surface area contributed by atoms with Gasteiger partial charge in [-0.1, -0.05) is 25.3 Å². The van der Waals surface area contributed by atoms with Crippen molar-refractivity contribution in [2.75, 3.05) is 0 Å². The number of hydrogen-bond acceptors (Lipinski definition) is 7. The molecule has 7 heteroatoms. The van der Waals surface area contributed by atoms with E-state index in [1.165, 1.54) is 13.8 Å². The first kappa shape index (κ1) is 18.8. The Morgan fingerprint density at radius 2 is 2.00 bits per heavy atom. The fraction of sp³-hybridized carbons (Fsp3) is 0.579. The SMILES string of the molecule is C=C1C[C@H](OC(=O)C(=C)C)[C@H]2C(=C)C(=O)O[C@@H]2[C@@H]2O[C@@](O)(C1)C[C@@]2(C)O. The maximum Gasteiger partial charge on any atom is 0.334 e. The topological polar surface area (TPSA) is 102 Å². The summed E-state index contributed by atoms with van der Waals surface area (Å²) in [4.78, 5) is 24.3. The molecule has 0 radical (unpaired) electrons. The van der Waals surface area contributed by atoms with Crippen LogP contribution >= 0.6 is 0 Å². The first-order valence-corrected chi connectivity index (χ1v) is 8.49. The molecule has 0 unspecified atom stereocenters. The minimum absolute atomic E-state index is 0.0485. The van der Waals surface area contributed by atoms with Crippen LogP contribution in [-0.2, 0) is 23.8 Å². The van der Waals surface area contributed by atoms with Crippen LogP contribution in [-0.4, -0.2) is 51.9 Å². The number of rotatable bonds is 2. The third-order valence-electron chi connectivity index (χ3n) is 5.18. The first-order valence-electron chi connectivity index (χ1n) is 8.49. The molecule has 0 aromatic heterocycles. The van der Waals surface area contributed by atoms with Crippen molar-refractivity contribution in [3.63, 3.8) is 0 Å². The smallest absolute Gasteiger partial charge is 0.334 e. The number of fused-ring (bicyclic) bond motifs is 4. The highest BCUT2D eigenvalue weighted by atomic mass is 16.7. The normalized spacial score (nSPS) is 42.4. The summed E-state index contributed by atoms with van der Waals surface area (Å²) in [6, 6.07) is 0. The molecule has 3 aliphatic heterocycles. The van der Waals surface area contributed by atoms with Gasteiger partial charge in [0.1, 0.15) is 18.3 Å². The lowest BCUT2D eigenvalue weighted by Gasteiger charge is -2.33. The molecular formula is C19H24O7. The molecule has 0 saturated carbocycles. The molecule has 2 bridgehead atoms. The second-order valence-corrected chi connectivity index (χ2v) is 7.79. The Hall–Kier alpha value is -1.96. The molecule has 6 atom stereocenters. The van der Waals surface area contributed by atoms with Gasteiger partial charge in [-0.05, 0) is 13.8 Å². The molecule has 0 aromatic carbocycles. The maximum absolute atomic E-state index is 12.2. The Balaban J connectivity index is 2.04. The lowest BCUT2D eigenvalue weighted by atomic mass is 9.78. The van der Waals surface area contributed by atoms with Gasteiger partial charge < -0.3 is 24.4 Å². The van der Waals surface area contributed by atoms with E-state index < -0.39 is 47.6 Å². The minimum atomic E-state index is -1.63. The third-order valence-corrected chi connectivity index (χ3v) is 5.18. The average molecular weight is 364 g/mol. The van der Waals surface area contributed by atoms with Crippen molar-refractivity contribution >= 4 is 11.9 Å². The molecule has 0 spiro atoms. The molecule has 3 heterocycles. The molecule has 0 aliphatic carbocycles. The third kappa shape index (κ3) is 3.11. The lowest BCUT2D eigenvalue weighted by molar-refractivity contribution is -0.216. The van der Waals surface area contributed by atoms with Crippen LogP contribution in [0.5, 0.6) is 0 Å². The van der Waals surface area contributed by atoms with Crippen LogP contribution in [0.2, 0.25) is 0 Å². The van der Waals surface area contributed by atoms with E-state index in [1.54, 1.807) is 0 Å². The summed E-state index contributed by atoms with van der Waals surface area (Å²) in [6.45, 7) is 14.3. The van der Waals surface area contributed by atoms with Gasteiger partial charge in [-0.15, -0.1) is 0 Å². The second kappa shape index (κ2) is 6.04. The van der Waals surface area contributed by atoms with Crippen molar-refractivity contribution < 1.29 is 34.0 Å². The van der Waals surface area contributed by atoms with E-state index in [1.807, 2.05) is 0 Å². The quantitative estimate of drug-likeness (QED) is 0.430. The van der Waals surface area contributed by atoms with Crippen LogP contribution in [0.1, 0.15) is 33.1 Å². The van der Waals surface area contributed by atoms with Gasteiger partial charge in [-0.2, -0.15) is 0 Å². The predicted octanol–water partition coefficient (Wildman–Crippen LogP) is 1.15. The summed E-state index contributed by atoms with van der Waals surface area (Å²) in [7, 11) is 0. The van der Waals surface area contributed by atoms with E-state index in [4.69, 9.17) is 14.2 Å². The molecule has 2 N–H and O–H groups in total. The van der Waals surface area contributed by atoms with Gasteiger partial charge in [-0.25, -0.2) is 9.59 Å².